The summed E-state index contributed by atoms with van der Waals surface area (Å²) in [6.45, 7) is 3.34. The Morgan fingerprint density at radius 2 is 1.97 bits per heavy atom. The Labute approximate surface area is 205 Å². The molecule has 0 radical (unpaired) electrons. The zero-order valence-corrected chi connectivity index (χ0v) is 20.3. The van der Waals surface area contributed by atoms with Crippen LogP contribution in [-0.4, -0.2) is 60.2 Å². The molecule has 34 heavy (non-hydrogen) atoms. The number of ketones is 1. The molecule has 2 heterocycles. The van der Waals surface area contributed by atoms with Gasteiger partial charge in [0, 0.05) is 36.7 Å². The van der Waals surface area contributed by atoms with Crippen LogP contribution in [0.3, 0.4) is 0 Å². The largest absolute Gasteiger partial charge is 0.481 e. The van der Waals surface area contributed by atoms with Gasteiger partial charge in [-0.25, -0.2) is 0 Å². The third-order valence-corrected chi connectivity index (χ3v) is 7.53. The zero-order valence-electron chi connectivity index (χ0n) is 19.4. The van der Waals surface area contributed by atoms with Crippen LogP contribution in [0.5, 0.6) is 0 Å². The molecule has 3 atom stereocenters. The molecule has 1 saturated carbocycles. The lowest BCUT2D eigenvalue weighted by Gasteiger charge is -2.35. The number of ether oxygens (including phenoxy) is 2. The molecule has 182 valence electrons. The molecule has 1 N–H and O–H groups in total. The molecule has 1 aromatic heterocycles. The maximum atomic E-state index is 13.0. The Bertz CT molecular complexity index is 950. The van der Waals surface area contributed by atoms with E-state index in [2.05, 4.69) is 52.8 Å². The number of allylic oxidation sites excluding steroid dienone is 2. The summed E-state index contributed by atoms with van der Waals surface area (Å²) in [5.41, 5.74) is 2.30. The number of thiophene rings is 1. The van der Waals surface area contributed by atoms with Crippen molar-refractivity contribution >= 4 is 23.1 Å². The molecule has 1 saturated heterocycles. The summed E-state index contributed by atoms with van der Waals surface area (Å²) in [4.78, 5) is 27.3. The van der Waals surface area contributed by atoms with Crippen molar-refractivity contribution in [1.29, 1.82) is 0 Å². The molecule has 2 fully saturated rings. The van der Waals surface area contributed by atoms with Crippen LogP contribution in [0.2, 0.25) is 0 Å². The van der Waals surface area contributed by atoms with Crippen LogP contribution in [0.15, 0.2) is 53.9 Å². The second-order valence-corrected chi connectivity index (χ2v) is 9.89. The van der Waals surface area contributed by atoms with E-state index in [0.717, 1.165) is 31.5 Å². The normalized spacial score (nSPS) is 23.6. The molecule has 1 aliphatic heterocycles. The minimum Gasteiger partial charge on any atom is -0.481 e. The third kappa shape index (κ3) is 6.63. The maximum Gasteiger partial charge on any atom is 0.303 e. The molecule has 6 nitrogen and oxygen atoms in total. The van der Waals surface area contributed by atoms with Gasteiger partial charge < -0.3 is 14.6 Å². The summed E-state index contributed by atoms with van der Waals surface area (Å²) >= 11 is 1.73. The van der Waals surface area contributed by atoms with Crippen LogP contribution >= 0.6 is 11.3 Å². The number of hydrogen-bond donors (Lipinski definition) is 1. The first-order chi connectivity index (χ1) is 16.6. The van der Waals surface area contributed by atoms with Gasteiger partial charge in [-0.2, -0.15) is 0 Å². The lowest BCUT2D eigenvalue weighted by Crippen LogP contribution is -2.49. The van der Waals surface area contributed by atoms with E-state index in [1.165, 1.54) is 10.4 Å². The van der Waals surface area contributed by atoms with Crippen LogP contribution in [0.1, 0.15) is 37.7 Å². The van der Waals surface area contributed by atoms with Crippen LogP contribution in [0, 0.1) is 5.92 Å². The van der Waals surface area contributed by atoms with Crippen molar-refractivity contribution < 1.29 is 24.2 Å². The number of carboxylic acids is 1. The summed E-state index contributed by atoms with van der Waals surface area (Å²) in [7, 11) is 0. The molecule has 2 aliphatic rings. The zero-order chi connectivity index (χ0) is 23.8. The number of nitrogens with zero attached hydrogens (tertiary/aromatic N) is 1. The summed E-state index contributed by atoms with van der Waals surface area (Å²) in [6, 6.07) is 12.5. The van der Waals surface area contributed by atoms with Crippen LogP contribution in [0.25, 0.3) is 10.4 Å². The van der Waals surface area contributed by atoms with E-state index in [1.807, 2.05) is 6.08 Å². The van der Waals surface area contributed by atoms with Gasteiger partial charge in [-0.05, 0) is 41.8 Å². The van der Waals surface area contributed by atoms with E-state index in [-0.39, 0.29) is 30.3 Å². The van der Waals surface area contributed by atoms with Crippen LogP contribution < -0.4 is 0 Å². The molecule has 0 spiro atoms. The molecule has 0 amide bonds. The predicted molar refractivity (Wildman–Crippen MR) is 133 cm³/mol. The number of carbonyl (C=O) groups is 2. The highest BCUT2D eigenvalue weighted by atomic mass is 32.1. The fourth-order valence-electron chi connectivity index (χ4n) is 4.86. The van der Waals surface area contributed by atoms with Gasteiger partial charge in [0.05, 0.1) is 32.0 Å². The Morgan fingerprint density at radius 1 is 1.18 bits per heavy atom. The fourth-order valence-corrected chi connectivity index (χ4v) is 5.59. The smallest absolute Gasteiger partial charge is 0.303 e. The minimum atomic E-state index is -0.765. The summed E-state index contributed by atoms with van der Waals surface area (Å²) in [5.74, 6) is -0.421. The second kappa shape index (κ2) is 12.4. The number of carboxylic acid groups (broad SMARTS) is 1. The topological polar surface area (TPSA) is 76.1 Å². The summed E-state index contributed by atoms with van der Waals surface area (Å²) in [6.07, 6.45) is 6.75. The summed E-state index contributed by atoms with van der Waals surface area (Å²) in [5, 5.41) is 10.9. The number of benzene rings is 1. The molecule has 2 aromatic rings. The Hall–Kier alpha value is -2.32. The van der Waals surface area contributed by atoms with Gasteiger partial charge in [0.15, 0.2) is 5.78 Å². The number of morpholine rings is 1. The Balaban J connectivity index is 1.38. The number of aliphatic carboxylic acids is 1. The number of Topliss-reactive ketones (excluding diaryl/α,β-unsaturated/α-hetero) is 1. The molecular weight excluding hydrogens is 450 g/mol. The average molecular weight is 484 g/mol. The molecule has 1 aromatic carbocycles. The van der Waals surface area contributed by atoms with E-state index in [0.29, 0.717) is 32.7 Å². The molecule has 4 rings (SSSR count). The second-order valence-electron chi connectivity index (χ2n) is 8.94. The predicted octanol–water partition coefficient (Wildman–Crippen LogP) is 4.79. The lowest BCUT2D eigenvalue weighted by atomic mass is 9.95. The van der Waals surface area contributed by atoms with Crippen LogP contribution in [-0.2, 0) is 25.7 Å². The van der Waals surface area contributed by atoms with Crippen molar-refractivity contribution in [2.45, 2.75) is 50.9 Å². The van der Waals surface area contributed by atoms with E-state index in [4.69, 9.17) is 14.6 Å². The quantitative estimate of drug-likeness (QED) is 0.366. The van der Waals surface area contributed by atoms with Crippen LogP contribution in [0.4, 0.5) is 0 Å². The van der Waals surface area contributed by atoms with Crippen molar-refractivity contribution in [2.75, 3.05) is 26.3 Å². The Morgan fingerprint density at radius 3 is 2.68 bits per heavy atom. The molecule has 0 unspecified atom stereocenters. The average Bonchev–Trinajstić information content (AvgIpc) is 3.49. The van der Waals surface area contributed by atoms with Crippen molar-refractivity contribution in [3.63, 3.8) is 0 Å². The number of rotatable bonds is 11. The van der Waals surface area contributed by atoms with Crippen molar-refractivity contribution in [3.8, 4) is 10.4 Å². The third-order valence-electron chi connectivity index (χ3n) is 6.61. The molecule has 7 heteroatoms. The van der Waals surface area contributed by atoms with E-state index >= 15 is 0 Å². The first-order valence-corrected chi connectivity index (χ1v) is 13.0. The molecule has 0 bridgehead atoms. The Kier molecular flexibility index (Phi) is 9.04. The SMILES string of the molecule is O=C(O)CCCC=CC[C@H]1[C@@H](OCc2ccc(-c3cccs3)cc2)CC(=O)[C@@H]1N1CCOCC1. The van der Waals surface area contributed by atoms with Gasteiger partial charge in [0.2, 0.25) is 0 Å². The van der Waals surface area contributed by atoms with E-state index < -0.39 is 5.97 Å². The monoisotopic (exact) mass is 483 g/mol. The van der Waals surface area contributed by atoms with Gasteiger partial charge in [-0.1, -0.05) is 42.5 Å². The first kappa shape index (κ1) is 24.8. The highest BCUT2D eigenvalue weighted by Crippen LogP contribution is 2.34. The number of hydrogen-bond acceptors (Lipinski definition) is 6. The maximum absolute atomic E-state index is 13.0. The lowest BCUT2D eigenvalue weighted by molar-refractivity contribution is -0.137. The molecule has 1 aliphatic carbocycles. The van der Waals surface area contributed by atoms with Gasteiger partial charge in [-0.15, -0.1) is 11.3 Å². The van der Waals surface area contributed by atoms with Gasteiger partial charge in [0.1, 0.15) is 0 Å². The number of carbonyl (C=O) groups excluding carboxylic acids is 1. The van der Waals surface area contributed by atoms with E-state index in [1.54, 1.807) is 11.3 Å². The van der Waals surface area contributed by atoms with Gasteiger partial charge in [0.25, 0.3) is 0 Å². The van der Waals surface area contributed by atoms with Crippen molar-refractivity contribution in [2.24, 2.45) is 5.92 Å². The standard InChI is InChI=1S/C27H33NO5S/c29-23-18-24(33-19-20-9-11-21(12-10-20)25-7-5-17-34-25)22(6-3-1-2-4-8-26(30)31)27(23)28-13-15-32-16-14-28/h1,3,5,7,9-12,17,22,24,27H,2,4,6,8,13-16,18-19H2,(H,30,31)/t22-,24-,27+/m0/s1. The van der Waals surface area contributed by atoms with Gasteiger partial charge >= 0.3 is 5.97 Å². The number of unbranched alkanes of at least 4 members (excludes halogenated alkanes) is 1. The van der Waals surface area contributed by atoms with Gasteiger partial charge in [-0.3, -0.25) is 14.5 Å². The highest BCUT2D eigenvalue weighted by molar-refractivity contribution is 7.13. The van der Waals surface area contributed by atoms with Crippen molar-refractivity contribution in [1.82, 2.24) is 4.90 Å². The minimum absolute atomic E-state index is 0.0896. The molecular formula is C27H33NO5S. The first-order valence-electron chi connectivity index (χ1n) is 12.1. The van der Waals surface area contributed by atoms with E-state index in [9.17, 15) is 9.59 Å². The fraction of sp³-hybridized carbons (Fsp3) is 0.481. The summed E-state index contributed by atoms with van der Waals surface area (Å²) < 4.78 is 11.8. The highest BCUT2D eigenvalue weighted by Gasteiger charge is 2.45. The van der Waals surface area contributed by atoms with Crippen molar-refractivity contribution in [3.05, 3.63) is 59.5 Å².